The smallest absolute Gasteiger partial charge is 0.134 e. The summed E-state index contributed by atoms with van der Waals surface area (Å²) in [6, 6.07) is 9.62. The van der Waals surface area contributed by atoms with Crippen LogP contribution in [0.1, 0.15) is 5.56 Å². The Balaban J connectivity index is 2.32. The molecule has 2 nitrogen and oxygen atoms in total. The van der Waals surface area contributed by atoms with E-state index in [1.165, 1.54) is 6.07 Å². The van der Waals surface area contributed by atoms with Crippen molar-refractivity contribution in [3.63, 3.8) is 0 Å². The van der Waals surface area contributed by atoms with E-state index >= 15 is 0 Å². The monoisotopic (exact) mass is 299 g/mol. The molecule has 0 atom stereocenters. The largest absolute Gasteiger partial charge is 0.457 e. The molecule has 0 aliphatic rings. The van der Waals surface area contributed by atoms with Crippen molar-refractivity contribution in [2.24, 2.45) is 0 Å². The molecule has 2 aromatic carbocycles. The Morgan fingerprint density at radius 1 is 1.16 bits per heavy atom. The van der Waals surface area contributed by atoms with Crippen molar-refractivity contribution in [2.75, 3.05) is 7.05 Å². The first-order valence-electron chi connectivity index (χ1n) is 5.66. The van der Waals surface area contributed by atoms with Gasteiger partial charge in [-0.05, 0) is 31.3 Å². The number of hydrogen-bond acceptors (Lipinski definition) is 2. The molecule has 0 fully saturated rings. The van der Waals surface area contributed by atoms with Crippen molar-refractivity contribution in [3.8, 4) is 11.5 Å². The van der Waals surface area contributed by atoms with E-state index in [9.17, 15) is 4.39 Å². The van der Waals surface area contributed by atoms with E-state index in [-0.39, 0.29) is 5.82 Å². The molecule has 0 radical (unpaired) electrons. The first kappa shape index (κ1) is 14.1. The van der Waals surface area contributed by atoms with Gasteiger partial charge in [0.1, 0.15) is 17.3 Å². The summed E-state index contributed by atoms with van der Waals surface area (Å²) >= 11 is 11.7. The van der Waals surface area contributed by atoms with Gasteiger partial charge in [-0.1, -0.05) is 29.3 Å². The lowest BCUT2D eigenvalue weighted by Crippen LogP contribution is -2.08. The van der Waals surface area contributed by atoms with Crippen LogP contribution < -0.4 is 10.1 Å². The van der Waals surface area contributed by atoms with Crippen LogP contribution >= 0.6 is 23.2 Å². The summed E-state index contributed by atoms with van der Waals surface area (Å²) in [6.45, 7) is 0.378. The van der Waals surface area contributed by atoms with Gasteiger partial charge >= 0.3 is 0 Å². The van der Waals surface area contributed by atoms with E-state index in [1.54, 1.807) is 37.4 Å². The van der Waals surface area contributed by atoms with Gasteiger partial charge < -0.3 is 10.1 Å². The molecular weight excluding hydrogens is 288 g/mol. The van der Waals surface area contributed by atoms with Gasteiger partial charge in [-0.15, -0.1) is 0 Å². The van der Waals surface area contributed by atoms with Gasteiger partial charge in [-0.25, -0.2) is 4.39 Å². The fourth-order valence-corrected chi connectivity index (χ4v) is 1.94. The van der Waals surface area contributed by atoms with Crippen LogP contribution in [-0.2, 0) is 6.54 Å². The Hall–Kier alpha value is -1.29. The van der Waals surface area contributed by atoms with Crippen molar-refractivity contribution in [3.05, 3.63) is 57.8 Å². The van der Waals surface area contributed by atoms with Crippen LogP contribution in [0.5, 0.6) is 11.5 Å². The summed E-state index contributed by atoms with van der Waals surface area (Å²) in [5.41, 5.74) is 0.469. The first-order chi connectivity index (χ1) is 9.11. The van der Waals surface area contributed by atoms with Crippen molar-refractivity contribution < 1.29 is 9.13 Å². The minimum Gasteiger partial charge on any atom is -0.457 e. The maximum atomic E-state index is 13.7. The SMILES string of the molecule is CNCc1c(F)cccc1Oc1ccc(Cl)c(Cl)c1. The molecule has 0 spiro atoms. The molecule has 0 amide bonds. The highest BCUT2D eigenvalue weighted by Gasteiger charge is 2.10. The zero-order valence-corrected chi connectivity index (χ0v) is 11.7. The Labute approximate surface area is 121 Å². The van der Waals surface area contributed by atoms with Crippen LogP contribution in [0, 0.1) is 5.82 Å². The standard InChI is InChI=1S/C14H12Cl2FNO/c1-18-8-10-13(17)3-2-4-14(10)19-9-5-6-11(15)12(16)7-9/h2-7,18H,8H2,1H3. The number of nitrogens with one attached hydrogen (secondary N) is 1. The van der Waals surface area contributed by atoms with Crippen LogP contribution in [-0.4, -0.2) is 7.05 Å². The summed E-state index contributed by atoms with van der Waals surface area (Å²) < 4.78 is 19.4. The Morgan fingerprint density at radius 2 is 1.95 bits per heavy atom. The van der Waals surface area contributed by atoms with E-state index in [0.717, 1.165) is 0 Å². The van der Waals surface area contributed by atoms with Gasteiger partial charge in [0.2, 0.25) is 0 Å². The number of ether oxygens (including phenoxy) is 1. The zero-order valence-electron chi connectivity index (χ0n) is 10.2. The molecule has 0 saturated heterocycles. The highest BCUT2D eigenvalue weighted by Crippen LogP contribution is 2.31. The van der Waals surface area contributed by atoms with Crippen LogP contribution in [0.25, 0.3) is 0 Å². The molecule has 0 aromatic heterocycles. The molecule has 0 heterocycles. The molecule has 0 unspecified atom stereocenters. The summed E-state index contributed by atoms with van der Waals surface area (Å²) in [7, 11) is 1.75. The fourth-order valence-electron chi connectivity index (χ4n) is 1.65. The van der Waals surface area contributed by atoms with Crippen LogP contribution in [0.3, 0.4) is 0 Å². The normalized spacial score (nSPS) is 10.5. The quantitative estimate of drug-likeness (QED) is 0.888. The molecule has 2 rings (SSSR count). The van der Waals surface area contributed by atoms with Crippen LogP contribution in [0.4, 0.5) is 4.39 Å². The third-order valence-electron chi connectivity index (χ3n) is 2.55. The average Bonchev–Trinajstić information content (AvgIpc) is 2.38. The Bertz CT molecular complexity index is 590. The van der Waals surface area contributed by atoms with E-state index in [2.05, 4.69) is 5.32 Å². The predicted octanol–water partition coefficient (Wildman–Crippen LogP) is 4.64. The summed E-state index contributed by atoms with van der Waals surface area (Å²) in [6.07, 6.45) is 0. The molecular formula is C14H12Cl2FNO. The lowest BCUT2D eigenvalue weighted by atomic mass is 10.2. The zero-order chi connectivity index (χ0) is 13.8. The highest BCUT2D eigenvalue weighted by molar-refractivity contribution is 6.42. The molecule has 2 aromatic rings. The minimum absolute atomic E-state index is 0.313. The summed E-state index contributed by atoms with van der Waals surface area (Å²) in [4.78, 5) is 0. The van der Waals surface area contributed by atoms with E-state index in [0.29, 0.717) is 33.7 Å². The fraction of sp³-hybridized carbons (Fsp3) is 0.143. The van der Waals surface area contributed by atoms with Gasteiger partial charge in [0.25, 0.3) is 0 Å². The lowest BCUT2D eigenvalue weighted by molar-refractivity contribution is 0.464. The number of rotatable bonds is 4. The Morgan fingerprint density at radius 3 is 2.63 bits per heavy atom. The molecule has 1 N–H and O–H groups in total. The molecule has 0 aliphatic carbocycles. The highest BCUT2D eigenvalue weighted by atomic mass is 35.5. The van der Waals surface area contributed by atoms with Gasteiger partial charge in [-0.3, -0.25) is 0 Å². The van der Waals surface area contributed by atoms with Crippen molar-refractivity contribution in [1.29, 1.82) is 0 Å². The molecule has 19 heavy (non-hydrogen) atoms. The topological polar surface area (TPSA) is 21.3 Å². The summed E-state index contributed by atoms with van der Waals surface area (Å²) in [5, 5.41) is 3.75. The van der Waals surface area contributed by atoms with E-state index in [4.69, 9.17) is 27.9 Å². The molecule has 0 aliphatic heterocycles. The maximum absolute atomic E-state index is 13.7. The van der Waals surface area contributed by atoms with Gasteiger partial charge in [0.05, 0.1) is 10.0 Å². The summed E-state index contributed by atoms with van der Waals surface area (Å²) in [5.74, 6) is 0.650. The third kappa shape index (κ3) is 3.38. The van der Waals surface area contributed by atoms with Crippen LogP contribution in [0.15, 0.2) is 36.4 Å². The number of hydrogen-bond donors (Lipinski definition) is 1. The number of halogens is 3. The average molecular weight is 300 g/mol. The first-order valence-corrected chi connectivity index (χ1v) is 6.42. The van der Waals surface area contributed by atoms with Gasteiger partial charge in [0, 0.05) is 18.2 Å². The van der Waals surface area contributed by atoms with E-state index in [1.807, 2.05) is 0 Å². The second kappa shape index (κ2) is 6.24. The predicted molar refractivity (Wildman–Crippen MR) is 75.7 cm³/mol. The van der Waals surface area contributed by atoms with Crippen LogP contribution in [0.2, 0.25) is 10.0 Å². The van der Waals surface area contributed by atoms with Crippen molar-refractivity contribution >= 4 is 23.2 Å². The molecule has 0 bridgehead atoms. The second-order valence-electron chi connectivity index (χ2n) is 3.92. The minimum atomic E-state index is -0.313. The van der Waals surface area contributed by atoms with Gasteiger partial charge in [0.15, 0.2) is 0 Å². The van der Waals surface area contributed by atoms with E-state index < -0.39 is 0 Å². The maximum Gasteiger partial charge on any atom is 0.134 e. The van der Waals surface area contributed by atoms with Gasteiger partial charge in [-0.2, -0.15) is 0 Å². The molecule has 0 saturated carbocycles. The molecule has 100 valence electrons. The number of benzene rings is 2. The Kier molecular flexibility index (Phi) is 4.64. The van der Waals surface area contributed by atoms with Crippen molar-refractivity contribution in [1.82, 2.24) is 5.32 Å². The second-order valence-corrected chi connectivity index (χ2v) is 4.74. The molecule has 5 heteroatoms. The van der Waals surface area contributed by atoms with Crippen molar-refractivity contribution in [2.45, 2.75) is 6.54 Å². The third-order valence-corrected chi connectivity index (χ3v) is 3.29. The lowest BCUT2D eigenvalue weighted by Gasteiger charge is -2.12.